The fraction of sp³-hybridized carbons (Fsp3) is 0.188. The molecule has 0 unspecified atom stereocenters. The quantitative estimate of drug-likeness (QED) is 0.663. The summed E-state index contributed by atoms with van der Waals surface area (Å²) in [5.41, 5.74) is 0.380. The Kier molecular flexibility index (Phi) is 4.39. The van der Waals surface area contributed by atoms with Crippen molar-refractivity contribution in [3.63, 3.8) is 0 Å². The number of alkyl halides is 2. The predicted octanol–water partition coefficient (Wildman–Crippen LogP) is 3.25. The minimum Gasteiger partial charge on any atom is -0.434 e. The maximum Gasteiger partial charge on any atom is 0.387 e. The lowest BCUT2D eigenvalue weighted by atomic mass is 10.1. The Morgan fingerprint density at radius 1 is 1.38 bits per heavy atom. The van der Waals surface area contributed by atoms with E-state index in [1.807, 2.05) is 0 Å². The van der Waals surface area contributed by atoms with Crippen LogP contribution in [0.15, 0.2) is 40.8 Å². The third-order valence-electron chi connectivity index (χ3n) is 3.42. The molecule has 0 atom stereocenters. The van der Waals surface area contributed by atoms with E-state index in [1.54, 1.807) is 24.4 Å². The minimum absolute atomic E-state index is 0.00705. The molecule has 5 nitrogen and oxygen atoms in total. The number of carbonyl (C=O) groups is 1. The Morgan fingerprint density at radius 3 is 2.92 bits per heavy atom. The molecule has 24 heavy (non-hydrogen) atoms. The molecule has 124 valence electrons. The van der Waals surface area contributed by atoms with Gasteiger partial charge < -0.3 is 4.74 Å². The summed E-state index contributed by atoms with van der Waals surface area (Å²) >= 11 is 1.32. The SMILES string of the molecule is Cc1ccc(OC(F)F)c(C(=O)Cn2cnc3sccc3c2=O)c1. The molecule has 0 aliphatic carbocycles. The van der Waals surface area contributed by atoms with Crippen molar-refractivity contribution >= 4 is 27.3 Å². The average molecular weight is 350 g/mol. The molecule has 0 aliphatic heterocycles. The normalized spacial score (nSPS) is 11.2. The highest BCUT2D eigenvalue weighted by Crippen LogP contribution is 2.23. The molecular weight excluding hydrogens is 338 g/mol. The van der Waals surface area contributed by atoms with E-state index in [0.29, 0.717) is 10.2 Å². The Bertz CT molecular complexity index is 965. The molecule has 0 spiro atoms. The number of hydrogen-bond acceptors (Lipinski definition) is 5. The van der Waals surface area contributed by atoms with Crippen molar-refractivity contribution in [2.45, 2.75) is 20.1 Å². The van der Waals surface area contributed by atoms with Gasteiger partial charge in [0.1, 0.15) is 10.6 Å². The number of ketones is 1. The van der Waals surface area contributed by atoms with Crippen molar-refractivity contribution in [2.24, 2.45) is 0 Å². The zero-order valence-electron chi connectivity index (χ0n) is 12.5. The number of fused-ring (bicyclic) bond motifs is 1. The molecule has 0 bridgehead atoms. The zero-order valence-corrected chi connectivity index (χ0v) is 13.3. The van der Waals surface area contributed by atoms with E-state index in [9.17, 15) is 18.4 Å². The highest BCUT2D eigenvalue weighted by atomic mass is 32.1. The molecule has 8 heteroatoms. The summed E-state index contributed by atoms with van der Waals surface area (Å²) in [7, 11) is 0. The number of aromatic nitrogens is 2. The number of Topliss-reactive ketones (excluding diaryl/α,β-unsaturated/α-hetero) is 1. The van der Waals surface area contributed by atoms with E-state index in [4.69, 9.17) is 0 Å². The van der Waals surface area contributed by atoms with Gasteiger partial charge in [-0.1, -0.05) is 11.6 Å². The first-order chi connectivity index (χ1) is 11.5. The third kappa shape index (κ3) is 3.18. The largest absolute Gasteiger partial charge is 0.434 e. The molecule has 0 radical (unpaired) electrons. The minimum atomic E-state index is -3.04. The van der Waals surface area contributed by atoms with Crippen molar-refractivity contribution in [3.8, 4) is 5.75 Å². The molecule has 2 aromatic heterocycles. The van der Waals surface area contributed by atoms with Crippen molar-refractivity contribution < 1.29 is 18.3 Å². The van der Waals surface area contributed by atoms with E-state index >= 15 is 0 Å². The molecule has 0 fully saturated rings. The topological polar surface area (TPSA) is 61.2 Å². The first kappa shape index (κ1) is 16.3. The Balaban J connectivity index is 1.95. The van der Waals surface area contributed by atoms with Crippen molar-refractivity contribution in [2.75, 3.05) is 0 Å². The lowest BCUT2D eigenvalue weighted by Crippen LogP contribution is -2.24. The van der Waals surface area contributed by atoms with E-state index < -0.39 is 12.4 Å². The molecule has 3 rings (SSSR count). The highest BCUT2D eigenvalue weighted by molar-refractivity contribution is 7.16. The average Bonchev–Trinajstić information content (AvgIpc) is 3.00. The summed E-state index contributed by atoms with van der Waals surface area (Å²) in [6.45, 7) is -1.61. The van der Waals surface area contributed by atoms with Gasteiger partial charge in [0.25, 0.3) is 5.56 Å². The lowest BCUT2D eigenvalue weighted by Gasteiger charge is -2.11. The second-order valence-corrected chi connectivity index (χ2v) is 6.01. The standard InChI is InChI=1S/C16H12F2N2O3S/c1-9-2-3-13(23-16(17)18)11(6-9)12(21)7-20-8-19-14-10(15(20)22)4-5-24-14/h2-6,8,16H,7H2,1H3. The van der Waals surface area contributed by atoms with E-state index in [0.717, 1.165) is 10.1 Å². The van der Waals surface area contributed by atoms with Crippen LogP contribution < -0.4 is 10.3 Å². The predicted molar refractivity (Wildman–Crippen MR) is 86.0 cm³/mol. The van der Waals surface area contributed by atoms with E-state index in [2.05, 4.69) is 9.72 Å². The van der Waals surface area contributed by atoms with Crippen LogP contribution in [0.1, 0.15) is 15.9 Å². The molecule has 2 heterocycles. The zero-order chi connectivity index (χ0) is 17.3. The Labute approximate surface area is 139 Å². The van der Waals surface area contributed by atoms with Crippen LogP contribution in [-0.4, -0.2) is 21.9 Å². The Morgan fingerprint density at radius 2 is 2.17 bits per heavy atom. The van der Waals surface area contributed by atoms with E-state index in [-0.39, 0.29) is 23.4 Å². The number of ether oxygens (including phenoxy) is 1. The van der Waals surface area contributed by atoms with Gasteiger partial charge in [-0.2, -0.15) is 8.78 Å². The molecule has 0 aliphatic rings. The number of carbonyl (C=O) groups excluding carboxylic acids is 1. The number of rotatable bonds is 5. The van der Waals surface area contributed by atoms with Crippen molar-refractivity contribution in [3.05, 3.63) is 57.5 Å². The summed E-state index contributed by atoms with van der Waals surface area (Å²) in [4.78, 5) is 29.5. The molecule has 0 N–H and O–H groups in total. The van der Waals surface area contributed by atoms with E-state index in [1.165, 1.54) is 29.8 Å². The molecule has 0 amide bonds. The molecular formula is C16H12F2N2O3S. The van der Waals surface area contributed by atoms with Crippen LogP contribution in [0.5, 0.6) is 5.75 Å². The number of nitrogens with zero attached hydrogens (tertiary/aromatic N) is 2. The van der Waals surface area contributed by atoms with Gasteiger partial charge in [0.2, 0.25) is 0 Å². The first-order valence-corrected chi connectivity index (χ1v) is 7.85. The second-order valence-electron chi connectivity index (χ2n) is 5.12. The Hall–Kier alpha value is -2.61. The smallest absolute Gasteiger partial charge is 0.387 e. The number of halogens is 2. The maximum atomic E-state index is 12.5. The summed E-state index contributed by atoms with van der Waals surface area (Å²) < 4.78 is 30.5. The molecule has 1 aromatic carbocycles. The van der Waals surface area contributed by atoms with Gasteiger partial charge in [0.15, 0.2) is 5.78 Å². The monoisotopic (exact) mass is 350 g/mol. The van der Waals surface area contributed by atoms with Gasteiger partial charge in [0, 0.05) is 0 Å². The van der Waals surface area contributed by atoms with Crippen LogP contribution in [0.4, 0.5) is 8.78 Å². The first-order valence-electron chi connectivity index (χ1n) is 6.97. The lowest BCUT2D eigenvalue weighted by molar-refractivity contribution is -0.0501. The van der Waals surface area contributed by atoms with Crippen LogP contribution in [0, 0.1) is 6.92 Å². The molecule has 0 saturated carbocycles. The molecule has 3 aromatic rings. The fourth-order valence-corrected chi connectivity index (χ4v) is 3.03. The maximum absolute atomic E-state index is 12.5. The van der Waals surface area contributed by atoms with Crippen LogP contribution >= 0.6 is 11.3 Å². The molecule has 0 saturated heterocycles. The fourth-order valence-electron chi connectivity index (χ4n) is 2.31. The highest BCUT2D eigenvalue weighted by Gasteiger charge is 2.17. The number of aryl methyl sites for hydroxylation is 1. The number of benzene rings is 1. The van der Waals surface area contributed by atoms with Gasteiger partial charge in [-0.05, 0) is 30.5 Å². The van der Waals surface area contributed by atoms with Gasteiger partial charge in [-0.3, -0.25) is 14.2 Å². The van der Waals surface area contributed by atoms with Gasteiger partial charge >= 0.3 is 6.61 Å². The summed E-state index contributed by atoms with van der Waals surface area (Å²) in [5, 5.41) is 2.16. The second kappa shape index (κ2) is 6.48. The summed E-state index contributed by atoms with van der Waals surface area (Å²) in [6, 6.07) is 5.98. The summed E-state index contributed by atoms with van der Waals surface area (Å²) in [5.74, 6) is -0.717. The third-order valence-corrected chi connectivity index (χ3v) is 4.24. The van der Waals surface area contributed by atoms with Crippen molar-refractivity contribution in [1.82, 2.24) is 9.55 Å². The van der Waals surface area contributed by atoms with Gasteiger partial charge in [0.05, 0.1) is 23.8 Å². The number of hydrogen-bond donors (Lipinski definition) is 0. The van der Waals surface area contributed by atoms with Crippen LogP contribution in [0.25, 0.3) is 10.2 Å². The van der Waals surface area contributed by atoms with Gasteiger partial charge in [-0.25, -0.2) is 4.98 Å². The number of thiophene rings is 1. The van der Waals surface area contributed by atoms with Gasteiger partial charge in [-0.15, -0.1) is 11.3 Å². The van der Waals surface area contributed by atoms with Crippen LogP contribution in [-0.2, 0) is 6.54 Å². The van der Waals surface area contributed by atoms with Crippen molar-refractivity contribution in [1.29, 1.82) is 0 Å². The van der Waals surface area contributed by atoms with Crippen LogP contribution in [0.3, 0.4) is 0 Å². The summed E-state index contributed by atoms with van der Waals surface area (Å²) in [6.07, 6.45) is 1.28. The van der Waals surface area contributed by atoms with Crippen LogP contribution in [0.2, 0.25) is 0 Å².